The summed E-state index contributed by atoms with van der Waals surface area (Å²) in [6.45, 7) is 5.47. The topological polar surface area (TPSA) is 40.9 Å². The van der Waals surface area contributed by atoms with Crippen molar-refractivity contribution in [1.82, 2.24) is 0 Å². The molecule has 86 valence electrons. The largest absolute Gasteiger partial charge is 0.289 e. The molecule has 0 saturated heterocycles. The number of Topliss-reactive ketones (excluding diaryl/α,β-unsaturated/α-hetero) is 1. The number of carbonyl (C=O) groups is 1. The number of halogens is 1. The van der Waals surface area contributed by atoms with Crippen molar-refractivity contribution in [2.75, 3.05) is 0 Å². The van der Waals surface area contributed by atoms with Crippen LogP contribution >= 0.6 is 22.9 Å². The Labute approximate surface area is 109 Å². The number of allylic oxidation sites excluding steroid dienone is 4. The quantitative estimate of drug-likeness (QED) is 0.519. The van der Waals surface area contributed by atoms with Gasteiger partial charge in [0.25, 0.3) is 0 Å². The van der Waals surface area contributed by atoms with Crippen LogP contribution in [0.15, 0.2) is 22.1 Å². The molecular formula is C13H10ClNOS. The van der Waals surface area contributed by atoms with E-state index >= 15 is 0 Å². The molecule has 0 aromatic carbocycles. The Balaban J connectivity index is 2.88. The van der Waals surface area contributed by atoms with Gasteiger partial charge in [0.2, 0.25) is 0 Å². The number of rotatable bonds is 0. The number of carbonyl (C=O) groups excluding carboxylic acids is 1. The first-order valence-corrected chi connectivity index (χ1v) is 6.35. The monoisotopic (exact) mass is 263 g/mol. The maximum atomic E-state index is 12.2. The highest BCUT2D eigenvalue weighted by Crippen LogP contribution is 2.46. The molecule has 0 spiro atoms. The fraction of sp³-hybridized carbons (Fsp3) is 0.231. The van der Waals surface area contributed by atoms with Crippen LogP contribution in [0.1, 0.15) is 36.7 Å². The summed E-state index contributed by atoms with van der Waals surface area (Å²) < 4.78 is 0.578. The number of fused-ring (bicyclic) bond motifs is 1. The number of nitrogens with zero attached hydrogens (tertiary/aromatic N) is 1. The predicted molar refractivity (Wildman–Crippen MR) is 70.2 cm³/mol. The van der Waals surface area contributed by atoms with Crippen LogP contribution < -0.4 is 0 Å². The Bertz CT molecular complexity index is 624. The summed E-state index contributed by atoms with van der Waals surface area (Å²) in [7, 11) is 0. The molecule has 0 radical (unpaired) electrons. The van der Waals surface area contributed by atoms with Crippen molar-refractivity contribution >= 4 is 34.3 Å². The van der Waals surface area contributed by atoms with E-state index in [1.54, 1.807) is 12.3 Å². The molecule has 0 unspecified atom stereocenters. The number of thiophene rings is 1. The van der Waals surface area contributed by atoms with E-state index in [2.05, 4.69) is 6.07 Å². The fourth-order valence-electron chi connectivity index (χ4n) is 2.02. The second-order valence-electron chi connectivity index (χ2n) is 4.11. The van der Waals surface area contributed by atoms with Gasteiger partial charge in [0, 0.05) is 33.2 Å². The lowest BCUT2D eigenvalue weighted by molar-refractivity contribution is 0.104. The average Bonchev–Trinajstić information content (AvgIpc) is 2.78. The number of hydrogen-bond acceptors (Lipinski definition) is 3. The molecule has 4 heteroatoms. The molecular weight excluding hydrogens is 254 g/mol. The van der Waals surface area contributed by atoms with Gasteiger partial charge in [-0.25, -0.2) is 0 Å². The first kappa shape index (κ1) is 12.1. The van der Waals surface area contributed by atoms with E-state index < -0.39 is 0 Å². The molecule has 0 bridgehead atoms. The maximum absolute atomic E-state index is 12.2. The number of nitriles is 1. The van der Waals surface area contributed by atoms with Gasteiger partial charge in [-0.05, 0) is 20.8 Å². The van der Waals surface area contributed by atoms with Gasteiger partial charge in [-0.1, -0.05) is 17.2 Å². The summed E-state index contributed by atoms with van der Waals surface area (Å²) in [5.74, 6) is -0.0206. The zero-order valence-electron chi connectivity index (χ0n) is 9.72. The second kappa shape index (κ2) is 4.14. The van der Waals surface area contributed by atoms with Crippen LogP contribution in [0, 0.1) is 11.3 Å². The Kier molecular flexibility index (Phi) is 2.94. The molecule has 1 aliphatic carbocycles. The third-order valence-corrected chi connectivity index (χ3v) is 3.98. The highest BCUT2D eigenvalue weighted by Gasteiger charge is 2.35. The summed E-state index contributed by atoms with van der Waals surface area (Å²) in [6, 6.07) is 2.11. The minimum absolute atomic E-state index is 0.0206. The molecule has 0 amide bonds. The van der Waals surface area contributed by atoms with E-state index in [1.165, 1.54) is 11.3 Å². The average molecular weight is 264 g/mol. The van der Waals surface area contributed by atoms with Crippen molar-refractivity contribution in [3.05, 3.63) is 37.6 Å². The third kappa shape index (κ3) is 1.65. The molecule has 17 heavy (non-hydrogen) atoms. The predicted octanol–water partition coefficient (Wildman–Crippen LogP) is 4.23. The van der Waals surface area contributed by atoms with E-state index in [0.717, 1.165) is 11.1 Å². The van der Waals surface area contributed by atoms with Crippen LogP contribution in [0.25, 0.3) is 5.57 Å². The van der Waals surface area contributed by atoms with Crippen molar-refractivity contribution in [2.45, 2.75) is 20.8 Å². The van der Waals surface area contributed by atoms with Gasteiger partial charge >= 0.3 is 0 Å². The minimum atomic E-state index is -0.0206. The van der Waals surface area contributed by atoms with Crippen molar-refractivity contribution < 1.29 is 4.79 Å². The van der Waals surface area contributed by atoms with Crippen LogP contribution in [0.4, 0.5) is 0 Å². The lowest BCUT2D eigenvalue weighted by atomic mass is 9.98. The molecule has 0 saturated carbocycles. The van der Waals surface area contributed by atoms with Gasteiger partial charge in [-0.15, -0.1) is 11.3 Å². The molecule has 1 aliphatic rings. The van der Waals surface area contributed by atoms with Crippen molar-refractivity contribution in [3.63, 3.8) is 0 Å². The van der Waals surface area contributed by atoms with Crippen LogP contribution in [-0.2, 0) is 0 Å². The van der Waals surface area contributed by atoms with Crippen LogP contribution in [0.5, 0.6) is 0 Å². The van der Waals surface area contributed by atoms with Gasteiger partial charge in [-0.2, -0.15) is 5.26 Å². The number of hydrogen-bond donors (Lipinski definition) is 0. The van der Waals surface area contributed by atoms with Gasteiger partial charge < -0.3 is 0 Å². The lowest BCUT2D eigenvalue weighted by Gasteiger charge is -2.05. The summed E-state index contributed by atoms with van der Waals surface area (Å²) >= 11 is 7.45. The minimum Gasteiger partial charge on any atom is -0.289 e. The summed E-state index contributed by atoms with van der Waals surface area (Å²) in [6.07, 6.45) is 0. The molecule has 1 aromatic rings. The molecule has 2 rings (SSSR count). The highest BCUT2D eigenvalue weighted by atomic mass is 35.5. The molecule has 2 nitrogen and oxygen atoms in total. The Morgan fingerprint density at radius 2 is 2.00 bits per heavy atom. The molecule has 1 aromatic heterocycles. The van der Waals surface area contributed by atoms with Crippen molar-refractivity contribution in [3.8, 4) is 6.07 Å². The van der Waals surface area contributed by atoms with E-state index in [0.29, 0.717) is 26.6 Å². The Morgan fingerprint density at radius 1 is 1.35 bits per heavy atom. The van der Waals surface area contributed by atoms with Crippen molar-refractivity contribution in [1.29, 1.82) is 5.26 Å². The van der Waals surface area contributed by atoms with E-state index in [4.69, 9.17) is 16.9 Å². The van der Waals surface area contributed by atoms with Crippen LogP contribution in [0.3, 0.4) is 0 Å². The smallest absolute Gasteiger partial charge is 0.195 e. The fourth-order valence-corrected chi connectivity index (χ4v) is 3.12. The first-order valence-electron chi connectivity index (χ1n) is 5.10. The van der Waals surface area contributed by atoms with Crippen LogP contribution in [0.2, 0.25) is 4.34 Å². The summed E-state index contributed by atoms with van der Waals surface area (Å²) in [5.41, 5.74) is 4.14. The SMILES string of the molecule is CC(C)=C1C(=O)c2csc(Cl)c2/C1=C(/C)C#N. The highest BCUT2D eigenvalue weighted by molar-refractivity contribution is 7.15. The molecule has 0 N–H and O–H groups in total. The van der Waals surface area contributed by atoms with Crippen LogP contribution in [-0.4, -0.2) is 5.78 Å². The normalized spacial score (nSPS) is 16.9. The zero-order chi connectivity index (χ0) is 12.7. The molecule has 1 heterocycles. The standard InChI is InChI=1S/C13H10ClNOS/c1-6(2)9-10(7(3)4-15)11-8(12(9)16)5-17-13(11)14/h5H,1-3H3/b10-7-. The summed E-state index contributed by atoms with van der Waals surface area (Å²) in [4.78, 5) is 12.2. The second-order valence-corrected chi connectivity index (χ2v) is 5.60. The van der Waals surface area contributed by atoms with E-state index in [1.807, 2.05) is 13.8 Å². The Morgan fingerprint density at radius 3 is 2.53 bits per heavy atom. The lowest BCUT2D eigenvalue weighted by Crippen LogP contribution is -1.97. The maximum Gasteiger partial charge on any atom is 0.195 e. The Hall–Kier alpha value is -1.37. The van der Waals surface area contributed by atoms with Gasteiger partial charge in [0.05, 0.1) is 6.07 Å². The summed E-state index contributed by atoms with van der Waals surface area (Å²) in [5, 5.41) is 10.8. The number of ketones is 1. The first-order chi connectivity index (χ1) is 7.99. The molecule has 0 fully saturated rings. The van der Waals surface area contributed by atoms with E-state index in [9.17, 15) is 4.79 Å². The zero-order valence-corrected chi connectivity index (χ0v) is 11.3. The van der Waals surface area contributed by atoms with Gasteiger partial charge in [0.1, 0.15) is 4.34 Å². The van der Waals surface area contributed by atoms with Crippen molar-refractivity contribution in [2.24, 2.45) is 0 Å². The molecule has 0 atom stereocenters. The molecule has 0 aliphatic heterocycles. The third-order valence-electron chi connectivity index (χ3n) is 2.76. The van der Waals surface area contributed by atoms with Gasteiger partial charge in [0.15, 0.2) is 5.78 Å². The van der Waals surface area contributed by atoms with Gasteiger partial charge in [-0.3, -0.25) is 4.79 Å². The van der Waals surface area contributed by atoms with E-state index in [-0.39, 0.29) is 5.78 Å².